The van der Waals surface area contributed by atoms with Gasteiger partial charge in [-0.2, -0.15) is 0 Å². The van der Waals surface area contributed by atoms with Crippen LogP contribution >= 0.6 is 0 Å². The molecule has 1 aromatic carbocycles. The third kappa shape index (κ3) is 3.56. The largest absolute Gasteiger partial charge is 1.00 e. The first kappa shape index (κ1) is 16.3. The number of carboxylic acids is 1. The van der Waals surface area contributed by atoms with Crippen molar-refractivity contribution in [1.29, 1.82) is 0 Å². The van der Waals surface area contributed by atoms with Crippen LogP contribution in [0, 0.1) is 35.6 Å². The summed E-state index contributed by atoms with van der Waals surface area (Å²) < 4.78 is 0. The Morgan fingerprint density at radius 2 is 1.50 bits per heavy atom. The van der Waals surface area contributed by atoms with Crippen LogP contribution in [0.5, 0.6) is 17.2 Å². The smallest absolute Gasteiger partial charge is 0.545 e. The molecule has 0 aliphatic heterocycles. The van der Waals surface area contributed by atoms with Crippen LogP contribution in [0.2, 0.25) is 0 Å². The fraction of sp³-hybridized carbons (Fsp3) is 0. The third-order valence-corrected chi connectivity index (χ3v) is 1.31. The molecule has 0 bridgehead atoms. The van der Waals surface area contributed by atoms with Crippen LogP contribution in [0.25, 0.3) is 0 Å². The van der Waals surface area contributed by atoms with Gasteiger partial charge >= 0.3 is 18.9 Å². The number of carbonyl (C=O) groups is 1. The number of phenols is 3. The van der Waals surface area contributed by atoms with Crippen molar-refractivity contribution in [3.63, 3.8) is 0 Å². The minimum atomic E-state index is -1.54. The molecule has 0 aromatic heterocycles. The summed E-state index contributed by atoms with van der Waals surface area (Å²) in [7, 11) is 0. The number of phenolic OH excluding ortho intramolecular Hbond substituents is 3. The van der Waals surface area contributed by atoms with Gasteiger partial charge in [0.05, 0.1) is 5.97 Å². The Bertz CT molecular complexity index is 318. The maximum atomic E-state index is 10.2. The van der Waals surface area contributed by atoms with E-state index in [0.29, 0.717) is 0 Å². The number of hydrogen-bond acceptors (Lipinski definition) is 5. The summed E-state index contributed by atoms with van der Waals surface area (Å²) in [5.74, 6) is -3.69. The summed E-state index contributed by atoms with van der Waals surface area (Å²) in [5, 5.41) is 36.7. The van der Waals surface area contributed by atoms with Crippen LogP contribution in [0.1, 0.15) is 10.4 Å². The van der Waals surface area contributed by atoms with Gasteiger partial charge in [-0.1, -0.05) is 0 Å². The van der Waals surface area contributed by atoms with E-state index < -0.39 is 28.8 Å². The maximum Gasteiger partial charge on any atom is 1.00 e. The molecule has 0 aliphatic rings. The molecule has 1 radical (unpaired) electrons. The van der Waals surface area contributed by atoms with E-state index in [1.54, 1.807) is 0 Å². The van der Waals surface area contributed by atoms with Gasteiger partial charge < -0.3 is 25.2 Å². The predicted octanol–water partition coefficient (Wildman–Crippen LogP) is -3.83. The van der Waals surface area contributed by atoms with Crippen molar-refractivity contribution in [1.82, 2.24) is 0 Å². The van der Waals surface area contributed by atoms with Crippen molar-refractivity contribution in [2.75, 3.05) is 0 Å². The molecule has 0 saturated carbocycles. The molecule has 1 aromatic rings. The van der Waals surface area contributed by atoms with E-state index >= 15 is 0 Å². The van der Waals surface area contributed by atoms with Gasteiger partial charge in [0.2, 0.25) is 0 Å². The van der Waals surface area contributed by atoms with E-state index in [-0.39, 0.29) is 54.5 Å². The Morgan fingerprint density at radius 3 is 1.79 bits per heavy atom. The van der Waals surface area contributed by atoms with E-state index in [1.165, 1.54) is 0 Å². The molecule has 0 unspecified atom stereocenters. The molecule has 0 amide bonds. The van der Waals surface area contributed by atoms with Gasteiger partial charge in [-0.05, 0) is 12.1 Å². The second-order valence-corrected chi connectivity index (χ2v) is 2.15. The Kier molecular flexibility index (Phi) is 7.44. The van der Waals surface area contributed by atoms with Gasteiger partial charge in [0.25, 0.3) is 0 Å². The summed E-state index contributed by atoms with van der Waals surface area (Å²) in [6, 6.07) is 1.56. The van der Waals surface area contributed by atoms with Gasteiger partial charge in [-0.15, -0.1) is 0 Å². The number of hydrogen-bond donors (Lipinski definition) is 3. The fourth-order valence-corrected chi connectivity index (χ4v) is 0.722. The molecule has 3 N–H and O–H groups in total. The predicted molar refractivity (Wildman–Crippen MR) is 35.8 cm³/mol. The molecular formula is C7H5LaLiO5. The van der Waals surface area contributed by atoms with E-state index in [0.717, 1.165) is 12.1 Å². The number of carboxylic acid groups (broad SMARTS) is 1. The first-order valence-corrected chi connectivity index (χ1v) is 2.98. The fourth-order valence-electron chi connectivity index (χ4n) is 0.722. The van der Waals surface area contributed by atoms with E-state index in [1.807, 2.05) is 0 Å². The number of rotatable bonds is 1. The topological polar surface area (TPSA) is 101 Å². The average Bonchev–Trinajstić information content (AvgIpc) is 1.99. The van der Waals surface area contributed by atoms with Crippen molar-refractivity contribution in [2.24, 2.45) is 0 Å². The Labute approximate surface area is 120 Å². The Balaban J connectivity index is 0. The molecule has 0 spiro atoms. The SMILES string of the molecule is O=C([O-])c1cc(O)c(O)c(O)c1.[La].[Li+]. The first-order chi connectivity index (χ1) is 5.52. The van der Waals surface area contributed by atoms with Gasteiger partial charge in [0.1, 0.15) is 0 Å². The van der Waals surface area contributed by atoms with Gasteiger partial charge in [0.15, 0.2) is 17.2 Å². The van der Waals surface area contributed by atoms with Gasteiger partial charge in [-0.25, -0.2) is 0 Å². The van der Waals surface area contributed by atoms with Crippen molar-refractivity contribution >= 4 is 5.97 Å². The van der Waals surface area contributed by atoms with Crippen molar-refractivity contribution in [3.05, 3.63) is 17.7 Å². The molecule has 0 aliphatic carbocycles. The molecule has 0 saturated heterocycles. The molecule has 5 nitrogen and oxygen atoms in total. The van der Waals surface area contributed by atoms with Crippen LogP contribution in [0.15, 0.2) is 12.1 Å². The molecule has 14 heavy (non-hydrogen) atoms. The second-order valence-electron chi connectivity index (χ2n) is 2.15. The summed E-state index contributed by atoms with van der Waals surface area (Å²) in [4.78, 5) is 10.2. The van der Waals surface area contributed by atoms with Crippen molar-refractivity contribution in [2.45, 2.75) is 0 Å². The quantitative estimate of drug-likeness (QED) is 0.364. The number of benzene rings is 1. The second kappa shape index (κ2) is 6.38. The van der Waals surface area contributed by atoms with Crippen LogP contribution in [0.4, 0.5) is 0 Å². The van der Waals surface area contributed by atoms with Crippen LogP contribution in [-0.2, 0) is 0 Å². The summed E-state index contributed by atoms with van der Waals surface area (Å²) >= 11 is 0. The number of aromatic hydroxyl groups is 3. The van der Waals surface area contributed by atoms with E-state index in [4.69, 9.17) is 15.3 Å². The number of carbonyl (C=O) groups excluding carboxylic acids is 1. The molecule has 0 heterocycles. The zero-order valence-electron chi connectivity index (χ0n) is 7.39. The Hall–Kier alpha value is -0.118. The molecule has 0 fully saturated rings. The molecule has 0 atom stereocenters. The molecule has 67 valence electrons. The van der Waals surface area contributed by atoms with Crippen LogP contribution in [-0.4, -0.2) is 21.3 Å². The van der Waals surface area contributed by atoms with Gasteiger partial charge in [-0.3, -0.25) is 0 Å². The standard InChI is InChI=1S/C7H6O5.La.Li/c8-4-1-3(7(11)12)2-5(9)6(4)10;;/h1-2,8-10H,(H,11,12);;/q;;+1/p-1. The van der Waals surface area contributed by atoms with Crippen LogP contribution in [0.3, 0.4) is 0 Å². The first-order valence-electron chi connectivity index (χ1n) is 2.98. The molecule has 7 heteroatoms. The van der Waals surface area contributed by atoms with Crippen molar-refractivity contribution < 1.29 is 79.7 Å². The minimum absolute atomic E-state index is 0. The molecular weight excluding hydrogens is 310 g/mol. The van der Waals surface area contributed by atoms with Crippen LogP contribution < -0.4 is 24.0 Å². The zero-order valence-corrected chi connectivity index (χ0v) is 11.0. The monoisotopic (exact) mass is 315 g/mol. The van der Waals surface area contributed by atoms with E-state index in [9.17, 15) is 9.90 Å². The summed E-state index contributed by atoms with van der Waals surface area (Å²) in [6.07, 6.45) is 0. The third-order valence-electron chi connectivity index (χ3n) is 1.31. The number of aromatic carboxylic acids is 1. The summed E-state index contributed by atoms with van der Waals surface area (Å²) in [6.45, 7) is 0. The summed E-state index contributed by atoms with van der Waals surface area (Å²) in [5.41, 5.74) is -0.400. The molecule has 1 rings (SSSR count). The van der Waals surface area contributed by atoms with Gasteiger partial charge in [0, 0.05) is 41.2 Å². The zero-order chi connectivity index (χ0) is 9.30. The minimum Gasteiger partial charge on any atom is -0.545 e. The normalized spacial score (nSPS) is 8.29. The Morgan fingerprint density at radius 1 is 1.14 bits per heavy atom. The van der Waals surface area contributed by atoms with Crippen molar-refractivity contribution in [3.8, 4) is 17.2 Å². The van der Waals surface area contributed by atoms with E-state index in [2.05, 4.69) is 0 Å². The maximum absolute atomic E-state index is 10.2. The average molecular weight is 315 g/mol.